The Kier molecular flexibility index (Phi) is 6.35. The highest BCUT2D eigenvalue weighted by Gasteiger charge is 2.37. The predicted octanol–water partition coefficient (Wildman–Crippen LogP) is 1.83. The Morgan fingerprint density at radius 2 is 1.92 bits per heavy atom. The molecule has 2 fully saturated rings. The third-order valence-corrected chi connectivity index (χ3v) is 7.70. The van der Waals surface area contributed by atoms with Crippen LogP contribution in [0.25, 0.3) is 0 Å². The van der Waals surface area contributed by atoms with Crippen molar-refractivity contribution >= 4 is 10.0 Å². The van der Waals surface area contributed by atoms with Gasteiger partial charge in [0.2, 0.25) is 10.0 Å². The second-order valence-electron chi connectivity index (χ2n) is 7.47. The Bertz CT molecular complexity index is 703. The summed E-state index contributed by atoms with van der Waals surface area (Å²) in [4.78, 5) is 2.80. The van der Waals surface area contributed by atoms with E-state index in [2.05, 4.69) is 11.8 Å². The molecule has 0 saturated carbocycles. The monoisotopic (exact) mass is 382 g/mol. The van der Waals surface area contributed by atoms with Gasteiger partial charge in [-0.05, 0) is 50.8 Å². The zero-order chi connectivity index (χ0) is 18.6. The summed E-state index contributed by atoms with van der Waals surface area (Å²) >= 11 is 0. The number of ether oxygens (including phenoxy) is 1. The van der Waals surface area contributed by atoms with E-state index in [0.29, 0.717) is 37.7 Å². The second-order valence-corrected chi connectivity index (χ2v) is 9.38. The molecule has 26 heavy (non-hydrogen) atoms. The van der Waals surface area contributed by atoms with Crippen LogP contribution in [0, 0.1) is 0 Å². The lowest BCUT2D eigenvalue weighted by atomic mass is 9.92. The Balaban J connectivity index is 1.83. The van der Waals surface area contributed by atoms with Gasteiger partial charge in [-0.25, -0.2) is 8.42 Å². The molecule has 1 aromatic carbocycles. The van der Waals surface area contributed by atoms with Crippen LogP contribution in [0.4, 0.5) is 0 Å². The second kappa shape index (κ2) is 8.35. The first-order valence-electron chi connectivity index (χ1n) is 9.49. The van der Waals surface area contributed by atoms with Gasteiger partial charge in [0.15, 0.2) is 0 Å². The summed E-state index contributed by atoms with van der Waals surface area (Å²) in [5.41, 5.74) is 0.884. The van der Waals surface area contributed by atoms with E-state index in [9.17, 15) is 13.5 Å². The van der Waals surface area contributed by atoms with Gasteiger partial charge in [-0.2, -0.15) is 4.31 Å². The number of hydrogen-bond acceptors (Lipinski definition) is 5. The van der Waals surface area contributed by atoms with E-state index in [-0.39, 0.29) is 12.1 Å². The van der Waals surface area contributed by atoms with Gasteiger partial charge in [0.05, 0.1) is 18.1 Å². The molecule has 146 valence electrons. The Morgan fingerprint density at radius 1 is 1.19 bits per heavy atom. The van der Waals surface area contributed by atoms with E-state index in [1.807, 2.05) is 12.1 Å². The minimum Gasteiger partial charge on any atom is -0.396 e. The summed E-state index contributed by atoms with van der Waals surface area (Å²) in [6, 6.07) is 7.36. The molecule has 0 amide bonds. The molecule has 1 atom stereocenters. The van der Waals surface area contributed by atoms with Gasteiger partial charge < -0.3 is 9.84 Å². The van der Waals surface area contributed by atoms with Crippen LogP contribution in [-0.2, 0) is 21.3 Å². The van der Waals surface area contributed by atoms with Gasteiger partial charge in [-0.1, -0.05) is 18.2 Å². The molecule has 2 aliphatic rings. The van der Waals surface area contributed by atoms with Crippen molar-refractivity contribution < 1.29 is 18.3 Å². The molecule has 0 aliphatic carbocycles. The Labute approximate surface area is 156 Å². The van der Waals surface area contributed by atoms with Crippen LogP contribution >= 0.6 is 0 Å². The summed E-state index contributed by atoms with van der Waals surface area (Å²) in [7, 11) is -3.50. The van der Waals surface area contributed by atoms with E-state index in [1.165, 1.54) is 4.31 Å². The number of aliphatic hydroxyl groups is 1. The van der Waals surface area contributed by atoms with Crippen molar-refractivity contribution in [1.82, 2.24) is 9.21 Å². The van der Waals surface area contributed by atoms with Gasteiger partial charge in [0.1, 0.15) is 0 Å². The number of hydrogen-bond donors (Lipinski definition) is 1. The van der Waals surface area contributed by atoms with Crippen molar-refractivity contribution in [2.45, 2.75) is 49.6 Å². The van der Waals surface area contributed by atoms with Crippen molar-refractivity contribution in [3.8, 4) is 0 Å². The SMILES string of the molecule is CC1(CCCO)CCCN1Cc1ccccc1S(=O)(=O)N1CCOCC1. The maximum Gasteiger partial charge on any atom is 0.243 e. The number of benzene rings is 1. The zero-order valence-corrected chi connectivity index (χ0v) is 16.4. The molecule has 0 aromatic heterocycles. The van der Waals surface area contributed by atoms with Crippen molar-refractivity contribution in [1.29, 1.82) is 0 Å². The maximum atomic E-state index is 13.1. The van der Waals surface area contributed by atoms with Gasteiger partial charge in [-0.15, -0.1) is 0 Å². The standard InChI is InChI=1S/C19H30N2O4S/c1-19(9-5-13-22)8-4-10-20(19)16-17-6-2-3-7-18(17)26(23,24)21-11-14-25-15-12-21/h2-3,6-7,22H,4-5,8-16H2,1H3. The largest absolute Gasteiger partial charge is 0.396 e. The minimum atomic E-state index is -3.50. The molecule has 2 heterocycles. The summed E-state index contributed by atoms with van der Waals surface area (Å²) in [6.07, 6.45) is 3.91. The van der Waals surface area contributed by atoms with E-state index >= 15 is 0 Å². The summed E-state index contributed by atoms with van der Waals surface area (Å²) in [6.45, 7) is 5.75. The summed E-state index contributed by atoms with van der Waals surface area (Å²) in [5.74, 6) is 0. The third-order valence-electron chi connectivity index (χ3n) is 5.70. The smallest absolute Gasteiger partial charge is 0.243 e. The fourth-order valence-corrected chi connectivity index (χ4v) is 5.73. The third kappa shape index (κ3) is 4.12. The first-order chi connectivity index (χ1) is 12.5. The lowest BCUT2D eigenvalue weighted by molar-refractivity contribution is 0.0729. The van der Waals surface area contributed by atoms with Crippen molar-refractivity contribution in [2.24, 2.45) is 0 Å². The Hall–Kier alpha value is -0.990. The van der Waals surface area contributed by atoms with E-state index in [0.717, 1.165) is 37.8 Å². The Morgan fingerprint density at radius 3 is 2.65 bits per heavy atom. The topological polar surface area (TPSA) is 70.1 Å². The molecular formula is C19H30N2O4S. The van der Waals surface area contributed by atoms with E-state index in [4.69, 9.17) is 4.74 Å². The average molecular weight is 383 g/mol. The van der Waals surface area contributed by atoms with Crippen LogP contribution in [0.1, 0.15) is 38.2 Å². The highest BCUT2D eigenvalue weighted by atomic mass is 32.2. The fourth-order valence-electron chi connectivity index (χ4n) is 4.11. The molecule has 2 saturated heterocycles. The molecule has 1 unspecified atom stereocenters. The predicted molar refractivity (Wildman–Crippen MR) is 100 cm³/mol. The number of likely N-dealkylation sites (tertiary alicyclic amines) is 1. The molecule has 3 rings (SSSR count). The van der Waals surface area contributed by atoms with Crippen molar-refractivity contribution in [3.63, 3.8) is 0 Å². The summed E-state index contributed by atoms with van der Waals surface area (Å²) in [5, 5.41) is 9.20. The van der Waals surface area contributed by atoms with Crippen molar-refractivity contribution in [2.75, 3.05) is 39.5 Å². The van der Waals surface area contributed by atoms with Crippen LogP contribution in [-0.4, -0.2) is 67.7 Å². The number of nitrogens with zero attached hydrogens (tertiary/aromatic N) is 2. The maximum absolute atomic E-state index is 13.1. The number of rotatable bonds is 7. The summed E-state index contributed by atoms with van der Waals surface area (Å²) < 4.78 is 33.1. The fraction of sp³-hybridized carbons (Fsp3) is 0.684. The molecule has 7 heteroatoms. The molecule has 0 spiro atoms. The van der Waals surface area contributed by atoms with Crippen molar-refractivity contribution in [3.05, 3.63) is 29.8 Å². The van der Waals surface area contributed by atoms with Crippen LogP contribution in [0.2, 0.25) is 0 Å². The zero-order valence-electron chi connectivity index (χ0n) is 15.6. The van der Waals surface area contributed by atoms with Crippen LogP contribution in [0.15, 0.2) is 29.2 Å². The highest BCUT2D eigenvalue weighted by Crippen LogP contribution is 2.35. The quantitative estimate of drug-likeness (QED) is 0.779. The van der Waals surface area contributed by atoms with Gasteiger partial charge >= 0.3 is 0 Å². The normalized spacial score (nSPS) is 25.6. The lowest BCUT2D eigenvalue weighted by Crippen LogP contribution is -2.42. The first kappa shape index (κ1) is 19.8. The van der Waals surface area contributed by atoms with Crippen LogP contribution in [0.5, 0.6) is 0 Å². The first-order valence-corrected chi connectivity index (χ1v) is 10.9. The molecule has 1 aromatic rings. The molecule has 2 aliphatic heterocycles. The molecule has 0 radical (unpaired) electrons. The van der Waals surface area contributed by atoms with Gasteiger partial charge in [-0.3, -0.25) is 4.90 Å². The lowest BCUT2D eigenvalue weighted by Gasteiger charge is -2.36. The number of morpholine rings is 1. The average Bonchev–Trinajstić information content (AvgIpc) is 3.02. The van der Waals surface area contributed by atoms with Gasteiger partial charge in [0.25, 0.3) is 0 Å². The minimum absolute atomic E-state index is 0.0264. The highest BCUT2D eigenvalue weighted by molar-refractivity contribution is 7.89. The molecule has 6 nitrogen and oxygen atoms in total. The number of aliphatic hydroxyl groups excluding tert-OH is 1. The molecule has 0 bridgehead atoms. The van der Waals surface area contributed by atoms with Crippen LogP contribution < -0.4 is 0 Å². The van der Waals surface area contributed by atoms with Gasteiger partial charge in [0, 0.05) is 31.8 Å². The van der Waals surface area contributed by atoms with E-state index < -0.39 is 10.0 Å². The molecular weight excluding hydrogens is 352 g/mol. The number of sulfonamides is 1. The van der Waals surface area contributed by atoms with E-state index in [1.54, 1.807) is 12.1 Å². The molecule has 1 N–H and O–H groups in total. The van der Waals surface area contributed by atoms with Crippen LogP contribution in [0.3, 0.4) is 0 Å².